The zero-order chi connectivity index (χ0) is 13.6. The Morgan fingerprint density at radius 1 is 1.33 bits per heavy atom. The van der Waals surface area contributed by atoms with Crippen molar-refractivity contribution in [3.8, 4) is 0 Å². The third-order valence-corrected chi connectivity index (χ3v) is 3.53. The molecule has 5 heteroatoms. The fourth-order valence-electron chi connectivity index (χ4n) is 2.45. The number of aliphatic carboxylic acids is 1. The second-order valence-corrected chi connectivity index (χ2v) is 5.55. The minimum atomic E-state index is -0.787. The van der Waals surface area contributed by atoms with E-state index in [4.69, 9.17) is 5.11 Å². The molecule has 0 radical (unpaired) electrons. The molecule has 5 nitrogen and oxygen atoms in total. The van der Waals surface area contributed by atoms with Crippen LogP contribution in [0.1, 0.15) is 58.8 Å². The van der Waals surface area contributed by atoms with Gasteiger partial charge in [-0.2, -0.15) is 0 Å². The summed E-state index contributed by atoms with van der Waals surface area (Å²) in [6.07, 6.45) is 5.85. The molecule has 18 heavy (non-hydrogen) atoms. The van der Waals surface area contributed by atoms with E-state index in [1.165, 1.54) is 12.8 Å². The van der Waals surface area contributed by atoms with Gasteiger partial charge in [-0.05, 0) is 39.5 Å². The van der Waals surface area contributed by atoms with Crippen molar-refractivity contribution >= 4 is 12.0 Å². The summed E-state index contributed by atoms with van der Waals surface area (Å²) in [6.45, 7) is 3.98. The van der Waals surface area contributed by atoms with Crippen molar-refractivity contribution in [3.63, 3.8) is 0 Å². The van der Waals surface area contributed by atoms with Gasteiger partial charge in [0.05, 0.1) is 0 Å². The van der Waals surface area contributed by atoms with Crippen LogP contribution in [0.5, 0.6) is 0 Å². The molecule has 0 heterocycles. The molecule has 1 unspecified atom stereocenters. The minimum absolute atomic E-state index is 0.00866. The van der Waals surface area contributed by atoms with E-state index in [0.29, 0.717) is 12.8 Å². The van der Waals surface area contributed by atoms with Crippen LogP contribution in [0.4, 0.5) is 4.79 Å². The second kappa shape index (κ2) is 6.61. The van der Waals surface area contributed by atoms with Crippen LogP contribution in [0.3, 0.4) is 0 Å². The molecular weight excluding hydrogens is 232 g/mol. The van der Waals surface area contributed by atoms with Gasteiger partial charge in [0.1, 0.15) is 0 Å². The molecule has 0 aromatic rings. The van der Waals surface area contributed by atoms with Gasteiger partial charge in [0, 0.05) is 18.0 Å². The van der Waals surface area contributed by atoms with E-state index in [-0.39, 0.29) is 24.0 Å². The summed E-state index contributed by atoms with van der Waals surface area (Å²) in [5.74, 6) is -0.787. The summed E-state index contributed by atoms with van der Waals surface area (Å²) in [6, 6.07) is -0.128. The van der Waals surface area contributed by atoms with E-state index in [0.717, 1.165) is 12.8 Å². The molecule has 1 atom stereocenters. The summed E-state index contributed by atoms with van der Waals surface area (Å²) < 4.78 is 0. The maximum absolute atomic E-state index is 11.8. The number of carbonyl (C=O) groups excluding carboxylic acids is 1. The summed E-state index contributed by atoms with van der Waals surface area (Å²) in [7, 11) is 0. The van der Waals surface area contributed by atoms with Gasteiger partial charge in [-0.1, -0.05) is 12.8 Å². The first kappa shape index (κ1) is 14.8. The molecule has 1 aliphatic rings. The first-order chi connectivity index (χ1) is 8.41. The maximum atomic E-state index is 11.8. The summed E-state index contributed by atoms with van der Waals surface area (Å²) >= 11 is 0. The number of amides is 2. The number of carbonyl (C=O) groups is 2. The lowest BCUT2D eigenvalue weighted by Gasteiger charge is -2.26. The van der Waals surface area contributed by atoms with Gasteiger partial charge in [0.2, 0.25) is 0 Å². The largest absolute Gasteiger partial charge is 0.481 e. The summed E-state index contributed by atoms with van der Waals surface area (Å²) in [5.41, 5.74) is -0.0646. The molecule has 1 fully saturated rings. The van der Waals surface area contributed by atoms with Crippen LogP contribution in [0.25, 0.3) is 0 Å². The van der Waals surface area contributed by atoms with Crippen molar-refractivity contribution in [1.82, 2.24) is 10.6 Å². The van der Waals surface area contributed by atoms with Crippen molar-refractivity contribution in [2.24, 2.45) is 0 Å². The molecule has 0 saturated heterocycles. The van der Waals surface area contributed by atoms with Crippen LogP contribution in [0.15, 0.2) is 0 Å². The quantitative estimate of drug-likeness (QED) is 0.682. The summed E-state index contributed by atoms with van der Waals surface area (Å²) in [5, 5.41) is 14.4. The highest BCUT2D eigenvalue weighted by molar-refractivity contribution is 5.75. The smallest absolute Gasteiger partial charge is 0.315 e. The molecule has 3 N–H and O–H groups in total. The molecule has 0 aromatic heterocycles. The summed E-state index contributed by atoms with van der Waals surface area (Å²) in [4.78, 5) is 22.1. The van der Waals surface area contributed by atoms with E-state index in [2.05, 4.69) is 17.6 Å². The van der Waals surface area contributed by atoms with Crippen LogP contribution < -0.4 is 10.6 Å². The van der Waals surface area contributed by atoms with Crippen molar-refractivity contribution in [2.45, 2.75) is 70.4 Å². The van der Waals surface area contributed by atoms with E-state index >= 15 is 0 Å². The average molecular weight is 256 g/mol. The number of urea groups is 1. The van der Waals surface area contributed by atoms with Crippen molar-refractivity contribution in [3.05, 3.63) is 0 Å². The molecule has 0 aliphatic heterocycles. The van der Waals surface area contributed by atoms with Crippen LogP contribution in [-0.4, -0.2) is 28.7 Å². The molecule has 1 rings (SSSR count). The maximum Gasteiger partial charge on any atom is 0.315 e. The highest BCUT2D eigenvalue weighted by Crippen LogP contribution is 2.28. The Morgan fingerprint density at radius 3 is 2.50 bits per heavy atom. The van der Waals surface area contributed by atoms with Crippen molar-refractivity contribution < 1.29 is 14.7 Å². The van der Waals surface area contributed by atoms with E-state index in [1.807, 2.05) is 6.92 Å². The van der Waals surface area contributed by atoms with Crippen LogP contribution in [0, 0.1) is 0 Å². The van der Waals surface area contributed by atoms with Crippen LogP contribution >= 0.6 is 0 Å². The van der Waals surface area contributed by atoms with E-state index in [9.17, 15) is 9.59 Å². The zero-order valence-electron chi connectivity index (χ0n) is 11.3. The topological polar surface area (TPSA) is 78.4 Å². The third kappa shape index (κ3) is 5.38. The number of rotatable bonds is 6. The lowest BCUT2D eigenvalue weighted by atomic mass is 10.0. The predicted molar refractivity (Wildman–Crippen MR) is 69.5 cm³/mol. The van der Waals surface area contributed by atoms with Gasteiger partial charge in [-0.25, -0.2) is 4.79 Å². The first-order valence-corrected chi connectivity index (χ1v) is 6.72. The molecule has 104 valence electrons. The fraction of sp³-hybridized carbons (Fsp3) is 0.846. The van der Waals surface area contributed by atoms with Gasteiger partial charge in [-0.3, -0.25) is 4.79 Å². The van der Waals surface area contributed by atoms with Gasteiger partial charge >= 0.3 is 12.0 Å². The lowest BCUT2D eigenvalue weighted by molar-refractivity contribution is -0.137. The molecular formula is C13H24N2O3. The van der Waals surface area contributed by atoms with Crippen molar-refractivity contribution in [1.29, 1.82) is 0 Å². The second-order valence-electron chi connectivity index (χ2n) is 5.55. The normalized spacial score (nSPS) is 19.2. The third-order valence-electron chi connectivity index (χ3n) is 3.53. The molecule has 0 aromatic carbocycles. The number of hydrogen-bond donors (Lipinski definition) is 3. The Bertz CT molecular complexity index is 299. The Morgan fingerprint density at radius 2 is 1.94 bits per heavy atom. The zero-order valence-corrected chi connectivity index (χ0v) is 11.3. The Kier molecular flexibility index (Phi) is 5.44. The molecule has 0 spiro atoms. The predicted octanol–water partition coefficient (Wildman–Crippen LogP) is 2.26. The highest BCUT2D eigenvalue weighted by atomic mass is 16.4. The van der Waals surface area contributed by atoms with Gasteiger partial charge in [0.25, 0.3) is 0 Å². The van der Waals surface area contributed by atoms with Gasteiger partial charge < -0.3 is 15.7 Å². The standard InChI is InChI=1S/C13H24N2O3/c1-10(6-5-7-11(16)17)14-12(18)15-13(2)8-3-4-9-13/h10H,3-9H2,1-2H3,(H,16,17)(H2,14,15,18). The number of nitrogens with one attached hydrogen (secondary N) is 2. The molecule has 0 bridgehead atoms. The Labute approximate surface area is 108 Å². The number of carboxylic acid groups (broad SMARTS) is 1. The van der Waals surface area contributed by atoms with Crippen molar-refractivity contribution in [2.75, 3.05) is 0 Å². The fourth-order valence-corrected chi connectivity index (χ4v) is 2.45. The average Bonchev–Trinajstić information content (AvgIpc) is 2.63. The lowest BCUT2D eigenvalue weighted by Crippen LogP contribution is -2.50. The Hall–Kier alpha value is -1.26. The van der Waals surface area contributed by atoms with Gasteiger partial charge in [0.15, 0.2) is 0 Å². The Balaban J connectivity index is 2.20. The molecule has 2 amide bonds. The minimum Gasteiger partial charge on any atom is -0.481 e. The van der Waals surface area contributed by atoms with E-state index in [1.54, 1.807) is 0 Å². The van der Waals surface area contributed by atoms with Crippen LogP contribution in [-0.2, 0) is 4.79 Å². The highest BCUT2D eigenvalue weighted by Gasteiger charge is 2.30. The van der Waals surface area contributed by atoms with Gasteiger partial charge in [-0.15, -0.1) is 0 Å². The SMILES string of the molecule is CC(CCCC(=O)O)NC(=O)NC1(C)CCCC1. The number of carboxylic acids is 1. The molecule has 1 aliphatic carbocycles. The monoisotopic (exact) mass is 256 g/mol. The number of hydrogen-bond acceptors (Lipinski definition) is 2. The first-order valence-electron chi connectivity index (χ1n) is 6.72. The molecule has 1 saturated carbocycles. The van der Waals surface area contributed by atoms with E-state index < -0.39 is 5.97 Å². The van der Waals surface area contributed by atoms with Crippen LogP contribution in [0.2, 0.25) is 0 Å².